The van der Waals surface area contributed by atoms with Crippen LogP contribution in [0.3, 0.4) is 0 Å². The minimum atomic E-state index is -0.181. The molecule has 0 bridgehead atoms. The highest BCUT2D eigenvalue weighted by molar-refractivity contribution is 7.13. The molecule has 32 heavy (non-hydrogen) atoms. The maximum atomic E-state index is 12.7. The third-order valence-electron chi connectivity index (χ3n) is 5.53. The molecule has 1 saturated heterocycles. The number of piperidine rings is 1. The first kappa shape index (κ1) is 20.4. The van der Waals surface area contributed by atoms with Gasteiger partial charge in [0.2, 0.25) is 0 Å². The summed E-state index contributed by atoms with van der Waals surface area (Å²) in [4.78, 5) is 24.0. The minimum absolute atomic E-state index is 0.181. The van der Waals surface area contributed by atoms with E-state index in [0.717, 1.165) is 40.7 Å². The van der Waals surface area contributed by atoms with Crippen molar-refractivity contribution in [1.82, 2.24) is 25.1 Å². The van der Waals surface area contributed by atoms with Gasteiger partial charge in [0.25, 0.3) is 5.91 Å². The Morgan fingerprint density at radius 3 is 2.78 bits per heavy atom. The molecule has 1 aromatic carbocycles. The van der Waals surface area contributed by atoms with E-state index in [1.54, 1.807) is 16.3 Å². The van der Waals surface area contributed by atoms with E-state index in [0.29, 0.717) is 12.2 Å². The van der Waals surface area contributed by atoms with Gasteiger partial charge in [-0.3, -0.25) is 4.79 Å². The lowest BCUT2D eigenvalue weighted by atomic mass is 10.1. The molecule has 1 fully saturated rings. The minimum Gasteiger partial charge on any atom is -0.357 e. The predicted molar refractivity (Wildman–Crippen MR) is 126 cm³/mol. The summed E-state index contributed by atoms with van der Waals surface area (Å²) in [7, 11) is 0. The molecule has 162 valence electrons. The normalized spacial score (nSPS) is 13.8. The predicted octanol–water partition coefficient (Wildman–Crippen LogP) is 4.31. The Hall–Kier alpha value is -3.52. The second-order valence-electron chi connectivity index (χ2n) is 7.80. The van der Waals surface area contributed by atoms with E-state index in [1.807, 2.05) is 48.8 Å². The average molecular weight is 445 g/mol. The number of para-hydroxylation sites is 1. The van der Waals surface area contributed by atoms with Crippen molar-refractivity contribution >= 4 is 23.1 Å². The number of pyridine rings is 1. The van der Waals surface area contributed by atoms with Gasteiger partial charge in [-0.05, 0) is 49.1 Å². The fourth-order valence-corrected chi connectivity index (χ4v) is 4.58. The van der Waals surface area contributed by atoms with Gasteiger partial charge in [0, 0.05) is 43.0 Å². The summed E-state index contributed by atoms with van der Waals surface area (Å²) < 4.78 is 1.81. The lowest BCUT2D eigenvalue weighted by molar-refractivity contribution is 0.0946. The second kappa shape index (κ2) is 9.32. The van der Waals surface area contributed by atoms with E-state index >= 15 is 0 Å². The zero-order valence-electron chi connectivity index (χ0n) is 17.6. The number of aromatic nitrogens is 4. The van der Waals surface area contributed by atoms with Crippen LogP contribution in [0.2, 0.25) is 0 Å². The molecule has 0 spiro atoms. The summed E-state index contributed by atoms with van der Waals surface area (Å²) in [6.07, 6.45) is 9.21. The number of hydrogen-bond acceptors (Lipinski definition) is 6. The number of amides is 1. The monoisotopic (exact) mass is 444 g/mol. The Morgan fingerprint density at radius 1 is 1.09 bits per heavy atom. The van der Waals surface area contributed by atoms with Crippen molar-refractivity contribution in [2.75, 3.05) is 18.0 Å². The molecule has 4 heterocycles. The fourth-order valence-electron chi connectivity index (χ4n) is 3.81. The van der Waals surface area contributed by atoms with Gasteiger partial charge in [0.1, 0.15) is 16.5 Å². The van der Waals surface area contributed by atoms with E-state index in [9.17, 15) is 4.79 Å². The largest absolute Gasteiger partial charge is 0.357 e. The Labute approximate surface area is 190 Å². The number of carbonyl (C=O) groups is 1. The van der Waals surface area contributed by atoms with Gasteiger partial charge in [-0.1, -0.05) is 18.2 Å². The maximum Gasteiger partial charge on any atom is 0.271 e. The quantitative estimate of drug-likeness (QED) is 0.480. The molecule has 0 atom stereocenters. The van der Waals surface area contributed by atoms with Crippen LogP contribution in [0.25, 0.3) is 16.3 Å². The molecule has 1 N–H and O–H groups in total. The van der Waals surface area contributed by atoms with Crippen LogP contribution in [0.1, 0.15) is 35.3 Å². The van der Waals surface area contributed by atoms with Crippen molar-refractivity contribution in [3.63, 3.8) is 0 Å². The smallest absolute Gasteiger partial charge is 0.271 e. The number of hydrogen-bond donors (Lipinski definition) is 1. The first-order chi connectivity index (χ1) is 15.8. The molecule has 0 aliphatic carbocycles. The zero-order chi connectivity index (χ0) is 21.8. The Bertz CT molecular complexity index is 1200. The highest BCUT2D eigenvalue weighted by Gasteiger charge is 2.15. The van der Waals surface area contributed by atoms with Gasteiger partial charge < -0.3 is 10.2 Å². The molecule has 1 aliphatic rings. The molecule has 1 aliphatic heterocycles. The molecular weight excluding hydrogens is 420 g/mol. The van der Waals surface area contributed by atoms with Crippen molar-refractivity contribution in [3.05, 3.63) is 77.7 Å². The lowest BCUT2D eigenvalue weighted by Crippen LogP contribution is -2.30. The van der Waals surface area contributed by atoms with Crippen LogP contribution in [0.4, 0.5) is 5.82 Å². The molecule has 5 rings (SSSR count). The fraction of sp³-hybridized carbons (Fsp3) is 0.250. The van der Waals surface area contributed by atoms with E-state index in [4.69, 9.17) is 0 Å². The Balaban J connectivity index is 1.23. The van der Waals surface area contributed by atoms with Gasteiger partial charge in [0.15, 0.2) is 0 Å². The van der Waals surface area contributed by atoms with E-state index < -0.39 is 0 Å². The van der Waals surface area contributed by atoms with Gasteiger partial charge >= 0.3 is 0 Å². The number of carbonyl (C=O) groups excluding carboxylic acids is 1. The maximum absolute atomic E-state index is 12.7. The highest BCUT2D eigenvalue weighted by Crippen LogP contribution is 2.24. The van der Waals surface area contributed by atoms with Crippen LogP contribution in [0.5, 0.6) is 0 Å². The zero-order valence-corrected chi connectivity index (χ0v) is 18.5. The third-order valence-corrected chi connectivity index (χ3v) is 6.42. The number of benzene rings is 1. The van der Waals surface area contributed by atoms with Crippen molar-refractivity contribution in [2.45, 2.75) is 25.8 Å². The van der Waals surface area contributed by atoms with Crippen LogP contribution >= 0.6 is 11.3 Å². The molecule has 1 amide bonds. The van der Waals surface area contributed by atoms with Crippen LogP contribution in [0.15, 0.2) is 66.4 Å². The summed E-state index contributed by atoms with van der Waals surface area (Å²) in [5.74, 6) is 0.808. The molecule has 0 radical (unpaired) electrons. The number of thiazole rings is 1. The topological polar surface area (TPSA) is 75.9 Å². The second-order valence-corrected chi connectivity index (χ2v) is 8.66. The van der Waals surface area contributed by atoms with Crippen LogP contribution in [-0.2, 0) is 6.54 Å². The SMILES string of the molecule is O=C(NCc1ccnc(N2CCCCC2)c1)c1csc(-c2cnn(-c3ccccc3)c2)n1. The lowest BCUT2D eigenvalue weighted by Gasteiger charge is -2.27. The Morgan fingerprint density at radius 2 is 1.94 bits per heavy atom. The molecular formula is C24H24N6OS. The summed E-state index contributed by atoms with van der Waals surface area (Å²) >= 11 is 1.44. The summed E-state index contributed by atoms with van der Waals surface area (Å²) in [5.41, 5.74) is 3.32. The molecule has 4 aromatic rings. The third kappa shape index (κ3) is 4.55. The number of nitrogens with zero attached hydrogens (tertiary/aromatic N) is 5. The molecule has 0 unspecified atom stereocenters. The van der Waals surface area contributed by atoms with Crippen molar-refractivity contribution in [2.24, 2.45) is 0 Å². The van der Waals surface area contributed by atoms with Gasteiger partial charge in [-0.25, -0.2) is 14.6 Å². The van der Waals surface area contributed by atoms with Crippen molar-refractivity contribution in [1.29, 1.82) is 0 Å². The molecule has 3 aromatic heterocycles. The first-order valence-corrected chi connectivity index (χ1v) is 11.7. The molecule has 8 heteroatoms. The average Bonchev–Trinajstić information content (AvgIpc) is 3.54. The van der Waals surface area contributed by atoms with Crippen molar-refractivity contribution < 1.29 is 4.79 Å². The first-order valence-electron chi connectivity index (χ1n) is 10.8. The van der Waals surface area contributed by atoms with Gasteiger partial charge in [-0.2, -0.15) is 5.10 Å². The van der Waals surface area contributed by atoms with E-state index in [-0.39, 0.29) is 5.91 Å². The standard InChI is InChI=1S/C24H24N6OS/c31-23(26-14-18-9-10-25-22(13-18)29-11-5-2-6-12-29)21-17-32-24(28-21)19-15-27-30(16-19)20-7-3-1-4-8-20/h1,3-4,7-10,13,15-17H,2,5-6,11-12,14H2,(H,26,31). The summed E-state index contributed by atoms with van der Waals surface area (Å²) in [6.45, 7) is 2.54. The van der Waals surface area contributed by atoms with Crippen LogP contribution in [-0.4, -0.2) is 38.7 Å². The Kier molecular flexibility index (Phi) is 5.93. The van der Waals surface area contributed by atoms with Crippen LogP contribution in [0, 0.1) is 0 Å². The molecule has 7 nitrogen and oxygen atoms in total. The van der Waals surface area contributed by atoms with Gasteiger partial charge in [0.05, 0.1) is 11.9 Å². The van der Waals surface area contributed by atoms with Crippen LogP contribution < -0.4 is 10.2 Å². The number of nitrogens with one attached hydrogen (secondary N) is 1. The highest BCUT2D eigenvalue weighted by atomic mass is 32.1. The van der Waals surface area contributed by atoms with E-state index in [2.05, 4.69) is 31.3 Å². The van der Waals surface area contributed by atoms with E-state index in [1.165, 1.54) is 30.6 Å². The van der Waals surface area contributed by atoms with Gasteiger partial charge in [-0.15, -0.1) is 11.3 Å². The summed E-state index contributed by atoms with van der Waals surface area (Å²) in [5, 5.41) is 9.95. The number of rotatable bonds is 6. The summed E-state index contributed by atoms with van der Waals surface area (Å²) in [6, 6.07) is 13.9. The van der Waals surface area contributed by atoms with Crippen molar-refractivity contribution in [3.8, 4) is 16.3 Å². The number of anilines is 1. The molecule has 0 saturated carbocycles.